The van der Waals surface area contributed by atoms with Gasteiger partial charge in [-0.05, 0) is 37.1 Å². The second kappa shape index (κ2) is 7.96. The maximum Gasteiger partial charge on any atom is 0.321 e. The van der Waals surface area contributed by atoms with Gasteiger partial charge in [0.2, 0.25) is 0 Å². The van der Waals surface area contributed by atoms with Crippen molar-refractivity contribution in [1.82, 2.24) is 15.1 Å². The fourth-order valence-corrected chi connectivity index (χ4v) is 3.74. The molecule has 2 N–H and O–H groups in total. The van der Waals surface area contributed by atoms with Gasteiger partial charge in [-0.25, -0.2) is 9.18 Å². The number of amides is 2. The van der Waals surface area contributed by atoms with Gasteiger partial charge in [0.05, 0.1) is 13.2 Å². The Bertz CT molecular complexity index is 768. The number of nitrogens with one attached hydrogen (secondary N) is 2. The fourth-order valence-electron chi connectivity index (χ4n) is 3.74. The molecule has 8 heteroatoms. The van der Waals surface area contributed by atoms with Crippen LogP contribution in [0.15, 0.2) is 30.5 Å². The quantitative estimate of drug-likeness (QED) is 0.868. The Morgan fingerprint density at radius 2 is 1.96 bits per heavy atom. The molecule has 0 spiro atoms. The first-order valence-electron chi connectivity index (χ1n) is 9.37. The molecule has 0 bridgehead atoms. The molecule has 1 aromatic carbocycles. The van der Waals surface area contributed by atoms with Crippen LogP contribution >= 0.6 is 0 Å². The summed E-state index contributed by atoms with van der Waals surface area (Å²) in [6.07, 6.45) is 3.53. The number of hydrogen-bond donors (Lipinski definition) is 2. The smallest absolute Gasteiger partial charge is 0.321 e. The molecule has 2 aliphatic heterocycles. The molecule has 0 unspecified atom stereocenters. The number of rotatable bonds is 3. The first kappa shape index (κ1) is 17.8. The number of nitrogens with zero attached hydrogens (tertiary/aromatic N) is 3. The van der Waals surface area contributed by atoms with Crippen molar-refractivity contribution >= 4 is 17.4 Å². The monoisotopic (exact) mass is 373 g/mol. The zero-order valence-corrected chi connectivity index (χ0v) is 15.2. The topological polar surface area (TPSA) is 73.5 Å². The summed E-state index contributed by atoms with van der Waals surface area (Å²) in [5, 5.41) is 9.86. The summed E-state index contributed by atoms with van der Waals surface area (Å²) in [7, 11) is 0. The van der Waals surface area contributed by atoms with E-state index in [1.165, 1.54) is 12.1 Å². The maximum atomic E-state index is 14.1. The molecule has 2 aliphatic rings. The molecular weight excluding hydrogens is 349 g/mol. The minimum atomic E-state index is -0.354. The average Bonchev–Trinajstić information content (AvgIpc) is 3.23. The fraction of sp³-hybridized carbons (Fsp3) is 0.474. The molecule has 4 rings (SSSR count). The van der Waals surface area contributed by atoms with E-state index in [2.05, 4.69) is 20.4 Å². The SMILES string of the molecule is O=C(Nc1cc(F)cc(N2CCOCC2)c1)N1CCC(c2ccn[nH]2)CC1. The second-order valence-electron chi connectivity index (χ2n) is 7.00. The van der Waals surface area contributed by atoms with Crippen molar-refractivity contribution < 1.29 is 13.9 Å². The van der Waals surface area contributed by atoms with E-state index in [1.807, 2.05) is 12.1 Å². The normalized spacial score (nSPS) is 18.6. The average molecular weight is 373 g/mol. The van der Waals surface area contributed by atoms with Crippen LogP contribution in [0.3, 0.4) is 0 Å². The summed E-state index contributed by atoms with van der Waals surface area (Å²) < 4.78 is 19.4. The van der Waals surface area contributed by atoms with Gasteiger partial charge in [-0.2, -0.15) is 5.10 Å². The van der Waals surface area contributed by atoms with Gasteiger partial charge < -0.3 is 19.9 Å². The van der Waals surface area contributed by atoms with Crippen LogP contribution in [0.5, 0.6) is 0 Å². The Morgan fingerprint density at radius 1 is 1.19 bits per heavy atom. The van der Waals surface area contributed by atoms with Crippen molar-refractivity contribution in [3.63, 3.8) is 0 Å². The van der Waals surface area contributed by atoms with Crippen LogP contribution in [0.1, 0.15) is 24.5 Å². The first-order valence-corrected chi connectivity index (χ1v) is 9.37. The molecule has 144 valence electrons. The van der Waals surface area contributed by atoms with Crippen molar-refractivity contribution in [2.24, 2.45) is 0 Å². The molecule has 7 nitrogen and oxygen atoms in total. The summed E-state index contributed by atoms with van der Waals surface area (Å²) in [5.74, 6) is 0.0471. The number of likely N-dealkylation sites (tertiary alicyclic amines) is 1. The van der Waals surface area contributed by atoms with Gasteiger partial charge in [0.15, 0.2) is 0 Å². The third-order valence-corrected chi connectivity index (χ3v) is 5.25. The van der Waals surface area contributed by atoms with Gasteiger partial charge >= 0.3 is 6.03 Å². The number of piperidine rings is 1. The van der Waals surface area contributed by atoms with Gasteiger partial charge in [0.1, 0.15) is 5.82 Å². The summed E-state index contributed by atoms with van der Waals surface area (Å²) in [6, 6.07) is 6.48. The number of benzene rings is 1. The maximum absolute atomic E-state index is 14.1. The number of hydrogen-bond acceptors (Lipinski definition) is 4. The number of urea groups is 1. The summed E-state index contributed by atoms with van der Waals surface area (Å²) in [4.78, 5) is 16.4. The van der Waals surface area contributed by atoms with Crippen molar-refractivity contribution in [3.05, 3.63) is 42.0 Å². The predicted octanol–water partition coefficient (Wildman–Crippen LogP) is 2.80. The van der Waals surface area contributed by atoms with Crippen LogP contribution in [0.25, 0.3) is 0 Å². The molecule has 0 aliphatic carbocycles. The zero-order chi connectivity index (χ0) is 18.6. The van der Waals surface area contributed by atoms with E-state index < -0.39 is 0 Å². The van der Waals surface area contributed by atoms with E-state index in [0.717, 1.165) is 37.3 Å². The lowest BCUT2D eigenvalue weighted by molar-refractivity contribution is 0.122. The van der Waals surface area contributed by atoms with Gasteiger partial charge in [-0.1, -0.05) is 0 Å². The molecule has 2 amide bonds. The Balaban J connectivity index is 1.37. The minimum Gasteiger partial charge on any atom is -0.378 e. The lowest BCUT2D eigenvalue weighted by Crippen LogP contribution is -2.40. The highest BCUT2D eigenvalue weighted by molar-refractivity contribution is 5.90. The number of ether oxygens (including phenoxy) is 1. The summed E-state index contributed by atoms with van der Waals surface area (Å²) >= 11 is 0. The van der Waals surface area contributed by atoms with E-state index in [0.29, 0.717) is 37.9 Å². The van der Waals surface area contributed by atoms with E-state index in [1.54, 1.807) is 11.1 Å². The lowest BCUT2D eigenvalue weighted by atomic mass is 9.94. The minimum absolute atomic E-state index is 0.184. The number of carbonyl (C=O) groups excluding carboxylic acids is 1. The number of halogens is 1. The number of carbonyl (C=O) groups is 1. The lowest BCUT2D eigenvalue weighted by Gasteiger charge is -2.32. The van der Waals surface area contributed by atoms with Crippen molar-refractivity contribution in [1.29, 1.82) is 0 Å². The van der Waals surface area contributed by atoms with E-state index in [4.69, 9.17) is 4.74 Å². The summed E-state index contributed by atoms with van der Waals surface area (Å²) in [5.41, 5.74) is 2.37. The van der Waals surface area contributed by atoms with E-state index in [9.17, 15) is 9.18 Å². The predicted molar refractivity (Wildman–Crippen MR) is 101 cm³/mol. The highest BCUT2D eigenvalue weighted by atomic mass is 19.1. The Labute approximate surface area is 157 Å². The molecular formula is C19H24FN5O2. The molecule has 0 radical (unpaired) electrons. The number of morpholine rings is 1. The molecule has 2 saturated heterocycles. The van der Waals surface area contributed by atoms with Gasteiger partial charge in [0.25, 0.3) is 0 Å². The van der Waals surface area contributed by atoms with Crippen molar-refractivity contribution in [2.75, 3.05) is 49.6 Å². The Morgan fingerprint density at radius 3 is 2.67 bits per heavy atom. The third-order valence-electron chi connectivity index (χ3n) is 5.25. The number of H-pyrrole nitrogens is 1. The van der Waals surface area contributed by atoms with Gasteiger partial charge in [0, 0.05) is 55.4 Å². The second-order valence-corrected chi connectivity index (χ2v) is 7.00. The number of aromatic amines is 1. The molecule has 1 aromatic heterocycles. The highest BCUT2D eigenvalue weighted by Crippen LogP contribution is 2.27. The Hall–Kier alpha value is -2.61. The molecule has 2 aromatic rings. The number of anilines is 2. The van der Waals surface area contributed by atoms with Crippen LogP contribution in [-0.4, -0.2) is 60.5 Å². The highest BCUT2D eigenvalue weighted by Gasteiger charge is 2.25. The standard InChI is InChI=1S/C19H24FN5O2/c20-15-11-16(13-17(12-15)24-7-9-27-10-8-24)22-19(26)25-5-2-14(3-6-25)18-1-4-21-23-18/h1,4,11-14H,2-3,5-10H2,(H,21,23)(H,22,26). The number of aromatic nitrogens is 2. The largest absolute Gasteiger partial charge is 0.378 e. The Kier molecular flexibility index (Phi) is 5.24. The molecule has 3 heterocycles. The van der Waals surface area contributed by atoms with Gasteiger partial charge in [-0.15, -0.1) is 0 Å². The van der Waals surface area contributed by atoms with Crippen LogP contribution in [0.4, 0.5) is 20.6 Å². The van der Waals surface area contributed by atoms with Gasteiger partial charge in [-0.3, -0.25) is 5.10 Å². The van der Waals surface area contributed by atoms with E-state index >= 15 is 0 Å². The van der Waals surface area contributed by atoms with Crippen LogP contribution in [0.2, 0.25) is 0 Å². The van der Waals surface area contributed by atoms with Crippen molar-refractivity contribution in [2.45, 2.75) is 18.8 Å². The van der Waals surface area contributed by atoms with Crippen LogP contribution < -0.4 is 10.2 Å². The third kappa shape index (κ3) is 4.21. The van der Waals surface area contributed by atoms with Crippen LogP contribution in [-0.2, 0) is 4.74 Å². The van der Waals surface area contributed by atoms with Crippen LogP contribution in [0, 0.1) is 5.82 Å². The molecule has 2 fully saturated rings. The zero-order valence-electron chi connectivity index (χ0n) is 15.2. The van der Waals surface area contributed by atoms with E-state index in [-0.39, 0.29) is 11.8 Å². The molecule has 0 saturated carbocycles. The van der Waals surface area contributed by atoms with Crippen molar-refractivity contribution in [3.8, 4) is 0 Å². The summed E-state index contributed by atoms with van der Waals surface area (Å²) in [6.45, 7) is 4.03. The molecule has 0 atom stereocenters. The molecule has 27 heavy (non-hydrogen) atoms. The first-order chi connectivity index (χ1) is 13.2.